The molecule has 0 aliphatic carbocycles. The number of rotatable bonds is 9. The predicted molar refractivity (Wildman–Crippen MR) is 182 cm³/mol. The standard InChI is InChI=1S/C37H34N4O7/c1-23-11-7-10-16-31(23)38-35(44)30-20-33(27-14-8-9-15-28(27)34(30)43)48-32-18-17-26(41(46)47)19-29(32)24(2)40-36(45)37(3,22-42)21-39(40)25-12-5-4-6-13-25/h4-20,24,42-43H,21-22H2,1-3H3,(H,38,44). The van der Waals surface area contributed by atoms with Gasteiger partial charge in [-0.05, 0) is 56.7 Å². The molecule has 0 aromatic heterocycles. The molecule has 3 N–H and O–H groups in total. The van der Waals surface area contributed by atoms with Gasteiger partial charge in [0.05, 0.1) is 40.8 Å². The molecule has 11 heteroatoms. The van der Waals surface area contributed by atoms with Crippen molar-refractivity contribution in [3.63, 3.8) is 0 Å². The molecule has 1 saturated heterocycles. The van der Waals surface area contributed by atoms with Crippen LogP contribution in [0.4, 0.5) is 17.1 Å². The summed E-state index contributed by atoms with van der Waals surface area (Å²) in [5.41, 5.74) is 1.08. The summed E-state index contributed by atoms with van der Waals surface area (Å²) in [4.78, 5) is 38.9. The number of non-ortho nitro benzene ring substituents is 1. The molecule has 1 heterocycles. The van der Waals surface area contributed by atoms with Gasteiger partial charge < -0.3 is 20.3 Å². The van der Waals surface area contributed by atoms with Crippen molar-refractivity contribution in [3.05, 3.63) is 130 Å². The van der Waals surface area contributed by atoms with E-state index in [1.807, 2.05) is 49.4 Å². The SMILES string of the molecule is Cc1ccccc1NC(=O)c1cc(Oc2ccc([N+](=O)[O-])cc2C(C)N2C(=O)C(C)(CO)CN2c2ccccc2)c2ccccc2c1O. The number of aliphatic hydroxyl groups is 1. The van der Waals surface area contributed by atoms with Crippen LogP contribution in [-0.2, 0) is 4.79 Å². The van der Waals surface area contributed by atoms with Crippen LogP contribution in [0.15, 0.2) is 103 Å². The molecular weight excluding hydrogens is 612 g/mol. The fourth-order valence-corrected chi connectivity index (χ4v) is 5.99. The van der Waals surface area contributed by atoms with E-state index in [0.717, 1.165) is 5.56 Å². The number of para-hydroxylation sites is 2. The van der Waals surface area contributed by atoms with Crippen LogP contribution in [0.1, 0.15) is 41.4 Å². The second-order valence-electron chi connectivity index (χ2n) is 12.1. The lowest BCUT2D eigenvalue weighted by Gasteiger charge is -2.35. The molecule has 2 amide bonds. The third-order valence-corrected chi connectivity index (χ3v) is 8.74. The second-order valence-corrected chi connectivity index (χ2v) is 12.1. The number of fused-ring (bicyclic) bond motifs is 1. The Hall–Kier alpha value is -5.94. The van der Waals surface area contributed by atoms with Crippen LogP contribution in [0.25, 0.3) is 10.8 Å². The number of nitrogens with one attached hydrogen (secondary N) is 1. The smallest absolute Gasteiger partial charge is 0.270 e. The zero-order valence-corrected chi connectivity index (χ0v) is 26.6. The number of aliphatic hydroxyl groups excluding tert-OH is 1. The van der Waals surface area contributed by atoms with Crippen molar-refractivity contribution in [3.8, 4) is 17.2 Å². The van der Waals surface area contributed by atoms with E-state index in [2.05, 4.69) is 5.32 Å². The summed E-state index contributed by atoms with van der Waals surface area (Å²) >= 11 is 0. The third-order valence-electron chi connectivity index (χ3n) is 8.74. The van der Waals surface area contributed by atoms with Crippen molar-refractivity contribution in [1.29, 1.82) is 0 Å². The van der Waals surface area contributed by atoms with Crippen LogP contribution in [0.2, 0.25) is 0 Å². The average molecular weight is 647 g/mol. The van der Waals surface area contributed by atoms with Crippen molar-refractivity contribution in [2.24, 2.45) is 5.41 Å². The molecule has 5 aromatic carbocycles. The van der Waals surface area contributed by atoms with E-state index in [9.17, 15) is 29.9 Å². The number of ether oxygens (including phenoxy) is 1. The summed E-state index contributed by atoms with van der Waals surface area (Å²) in [5, 5.41) is 40.4. The summed E-state index contributed by atoms with van der Waals surface area (Å²) in [5.74, 6) is -0.727. The largest absolute Gasteiger partial charge is 0.506 e. The van der Waals surface area contributed by atoms with Gasteiger partial charge in [0, 0.05) is 34.2 Å². The van der Waals surface area contributed by atoms with Crippen LogP contribution in [0, 0.1) is 22.5 Å². The molecule has 0 spiro atoms. The van der Waals surface area contributed by atoms with Gasteiger partial charge in [-0.1, -0.05) is 60.7 Å². The van der Waals surface area contributed by atoms with Gasteiger partial charge in [0.15, 0.2) is 0 Å². The number of hydrogen-bond donors (Lipinski definition) is 3. The van der Waals surface area contributed by atoms with Gasteiger partial charge in [-0.2, -0.15) is 0 Å². The van der Waals surface area contributed by atoms with Gasteiger partial charge in [-0.15, -0.1) is 0 Å². The number of anilines is 2. The van der Waals surface area contributed by atoms with Gasteiger partial charge in [0.1, 0.15) is 17.2 Å². The highest BCUT2D eigenvalue weighted by Crippen LogP contribution is 2.44. The number of nitro groups is 1. The molecule has 1 fully saturated rings. The van der Waals surface area contributed by atoms with E-state index < -0.39 is 28.9 Å². The number of phenols is 1. The minimum Gasteiger partial charge on any atom is -0.506 e. The summed E-state index contributed by atoms with van der Waals surface area (Å²) in [6, 6.07) is 28.1. The number of aromatic hydroxyl groups is 1. The van der Waals surface area contributed by atoms with E-state index in [4.69, 9.17) is 4.74 Å². The molecule has 1 aliphatic rings. The van der Waals surface area contributed by atoms with E-state index in [1.165, 1.54) is 29.3 Å². The highest BCUT2D eigenvalue weighted by molar-refractivity contribution is 6.11. The van der Waals surface area contributed by atoms with Gasteiger partial charge >= 0.3 is 0 Å². The number of benzene rings is 5. The van der Waals surface area contributed by atoms with Crippen LogP contribution in [-0.4, -0.2) is 45.1 Å². The molecule has 6 rings (SSSR count). The first-order chi connectivity index (χ1) is 23.0. The molecule has 0 saturated carbocycles. The molecule has 1 aliphatic heterocycles. The van der Waals surface area contributed by atoms with Crippen molar-refractivity contribution in [2.75, 3.05) is 23.5 Å². The summed E-state index contributed by atoms with van der Waals surface area (Å²) in [6.45, 7) is 5.05. The minimum atomic E-state index is -1.13. The molecular formula is C37H34N4O7. The number of hydrogen-bond acceptors (Lipinski definition) is 8. The van der Waals surface area contributed by atoms with Crippen molar-refractivity contribution in [2.45, 2.75) is 26.8 Å². The maximum Gasteiger partial charge on any atom is 0.270 e. The van der Waals surface area contributed by atoms with E-state index >= 15 is 0 Å². The molecule has 244 valence electrons. The van der Waals surface area contributed by atoms with Crippen LogP contribution in [0.3, 0.4) is 0 Å². The van der Waals surface area contributed by atoms with E-state index in [0.29, 0.717) is 27.7 Å². The third kappa shape index (κ3) is 5.75. The Morgan fingerprint density at radius 3 is 2.33 bits per heavy atom. The van der Waals surface area contributed by atoms with Gasteiger partial charge in [-0.3, -0.25) is 24.7 Å². The Balaban J connectivity index is 1.46. The maximum atomic E-state index is 13.9. The van der Waals surface area contributed by atoms with Crippen LogP contribution < -0.4 is 15.1 Å². The Labute approximate surface area is 276 Å². The normalized spacial score (nSPS) is 16.6. The Morgan fingerprint density at radius 2 is 1.65 bits per heavy atom. The monoisotopic (exact) mass is 646 g/mol. The van der Waals surface area contributed by atoms with Gasteiger partial charge in [0.2, 0.25) is 0 Å². The highest BCUT2D eigenvalue weighted by Gasteiger charge is 2.50. The maximum absolute atomic E-state index is 13.9. The van der Waals surface area contributed by atoms with E-state index in [-0.39, 0.29) is 41.0 Å². The molecule has 2 atom stereocenters. The Morgan fingerprint density at radius 1 is 0.979 bits per heavy atom. The predicted octanol–water partition coefficient (Wildman–Crippen LogP) is 7.13. The zero-order chi connectivity index (χ0) is 34.2. The quantitative estimate of drug-likeness (QED) is 0.113. The van der Waals surface area contributed by atoms with Crippen molar-refractivity contribution >= 4 is 39.6 Å². The van der Waals surface area contributed by atoms with Gasteiger partial charge in [0.25, 0.3) is 17.5 Å². The Bertz CT molecular complexity index is 2050. The fourth-order valence-electron chi connectivity index (χ4n) is 5.99. The first-order valence-corrected chi connectivity index (χ1v) is 15.4. The number of nitrogens with zero attached hydrogens (tertiary/aromatic N) is 3. The summed E-state index contributed by atoms with van der Waals surface area (Å²) in [6.07, 6.45) is 0. The lowest BCUT2D eigenvalue weighted by atomic mass is 9.91. The zero-order valence-electron chi connectivity index (χ0n) is 26.6. The molecule has 0 radical (unpaired) electrons. The van der Waals surface area contributed by atoms with Crippen LogP contribution >= 0.6 is 0 Å². The summed E-state index contributed by atoms with van der Waals surface area (Å²) < 4.78 is 6.49. The highest BCUT2D eigenvalue weighted by atomic mass is 16.6. The van der Waals surface area contributed by atoms with Gasteiger partial charge in [-0.25, -0.2) is 5.01 Å². The molecule has 48 heavy (non-hydrogen) atoms. The number of nitro benzene ring substituents is 1. The molecule has 11 nitrogen and oxygen atoms in total. The van der Waals surface area contributed by atoms with Crippen molar-refractivity contribution in [1.82, 2.24) is 5.01 Å². The summed E-state index contributed by atoms with van der Waals surface area (Å²) in [7, 11) is 0. The average Bonchev–Trinajstić information content (AvgIpc) is 3.37. The minimum absolute atomic E-state index is 0.0350. The number of phenolic OH excluding ortho intramolecular Hbond substituents is 1. The van der Waals surface area contributed by atoms with Crippen molar-refractivity contribution < 1.29 is 29.5 Å². The first kappa shape index (κ1) is 32.0. The number of amides is 2. The lowest BCUT2D eigenvalue weighted by Crippen LogP contribution is -2.42. The number of carbonyl (C=O) groups is 2. The second kappa shape index (κ2) is 12.7. The van der Waals surface area contributed by atoms with E-state index in [1.54, 1.807) is 55.3 Å². The number of hydrazine groups is 1. The fraction of sp³-hybridized carbons (Fsp3) is 0.189. The number of aryl methyl sites for hydroxylation is 1. The molecule has 5 aromatic rings. The molecule has 2 unspecified atom stereocenters. The molecule has 0 bridgehead atoms. The topological polar surface area (TPSA) is 145 Å². The lowest BCUT2D eigenvalue weighted by molar-refractivity contribution is -0.385. The first-order valence-electron chi connectivity index (χ1n) is 15.4. The number of carbonyl (C=O) groups excluding carboxylic acids is 2. The van der Waals surface area contributed by atoms with Crippen LogP contribution in [0.5, 0.6) is 17.2 Å². The Kier molecular flexibility index (Phi) is 8.46.